The molecule has 0 radical (unpaired) electrons. The zero-order chi connectivity index (χ0) is 14.8. The molecule has 0 saturated carbocycles. The normalized spacial score (nSPS) is 11.6. The van der Waals surface area contributed by atoms with E-state index in [-0.39, 0.29) is 6.10 Å². The molecule has 5 nitrogen and oxygen atoms in total. The summed E-state index contributed by atoms with van der Waals surface area (Å²) in [5.41, 5.74) is 3.33. The van der Waals surface area contributed by atoms with Gasteiger partial charge in [0.15, 0.2) is 0 Å². The van der Waals surface area contributed by atoms with E-state index in [1.807, 2.05) is 26.0 Å². The number of aromatic nitrogens is 4. The maximum atomic E-state index is 5.84. The van der Waals surface area contributed by atoms with E-state index >= 15 is 0 Å². The van der Waals surface area contributed by atoms with Crippen molar-refractivity contribution < 1.29 is 4.74 Å². The summed E-state index contributed by atoms with van der Waals surface area (Å²) in [6, 6.07) is 3.82. The Morgan fingerprint density at radius 3 is 2.86 bits per heavy atom. The molecular formula is C16H20N4O. The molecule has 0 bridgehead atoms. The molecule has 3 aromatic rings. The first-order valence-electron chi connectivity index (χ1n) is 7.49. The first kappa shape index (κ1) is 13.8. The Bertz CT molecular complexity index is 763. The van der Waals surface area contributed by atoms with E-state index in [0.717, 1.165) is 47.2 Å². The van der Waals surface area contributed by atoms with Gasteiger partial charge in [0.05, 0.1) is 11.6 Å². The summed E-state index contributed by atoms with van der Waals surface area (Å²) in [5.74, 6) is 1.58. The molecule has 3 rings (SSSR count). The van der Waals surface area contributed by atoms with Crippen molar-refractivity contribution in [3.8, 4) is 5.88 Å². The van der Waals surface area contributed by atoms with Crippen LogP contribution in [0, 0.1) is 0 Å². The lowest BCUT2D eigenvalue weighted by atomic mass is 10.2. The third-order valence-corrected chi connectivity index (χ3v) is 3.31. The van der Waals surface area contributed by atoms with Crippen LogP contribution in [0.3, 0.4) is 0 Å². The molecule has 0 atom stereocenters. The molecule has 0 aliphatic heterocycles. The summed E-state index contributed by atoms with van der Waals surface area (Å²) >= 11 is 0. The second kappa shape index (κ2) is 5.68. The average molecular weight is 284 g/mol. The monoisotopic (exact) mass is 284 g/mol. The van der Waals surface area contributed by atoms with Crippen LogP contribution >= 0.6 is 0 Å². The topological polar surface area (TPSA) is 63.7 Å². The van der Waals surface area contributed by atoms with E-state index in [1.54, 1.807) is 6.20 Å². The highest BCUT2D eigenvalue weighted by molar-refractivity contribution is 6.01. The van der Waals surface area contributed by atoms with Crippen molar-refractivity contribution in [1.82, 2.24) is 19.9 Å². The minimum atomic E-state index is 0.0669. The average Bonchev–Trinajstić information content (AvgIpc) is 2.89. The highest BCUT2D eigenvalue weighted by atomic mass is 16.5. The number of fused-ring (bicyclic) bond motifs is 3. The van der Waals surface area contributed by atoms with Crippen LogP contribution in [0.1, 0.15) is 39.4 Å². The highest BCUT2D eigenvalue weighted by Gasteiger charge is 2.15. The molecule has 3 aromatic heterocycles. The van der Waals surface area contributed by atoms with Crippen molar-refractivity contribution >= 4 is 22.1 Å². The minimum absolute atomic E-state index is 0.0669. The Balaban J connectivity index is 2.20. The van der Waals surface area contributed by atoms with Gasteiger partial charge in [0, 0.05) is 12.6 Å². The molecule has 110 valence electrons. The van der Waals surface area contributed by atoms with Crippen LogP contribution in [-0.4, -0.2) is 26.0 Å². The van der Waals surface area contributed by atoms with Crippen LogP contribution in [0.2, 0.25) is 0 Å². The lowest BCUT2D eigenvalue weighted by Crippen LogP contribution is -2.07. The van der Waals surface area contributed by atoms with Gasteiger partial charge in [-0.25, -0.2) is 9.97 Å². The Morgan fingerprint density at radius 2 is 2.10 bits per heavy atom. The molecule has 0 spiro atoms. The molecule has 0 amide bonds. The van der Waals surface area contributed by atoms with Gasteiger partial charge in [-0.15, -0.1) is 0 Å². The van der Waals surface area contributed by atoms with Crippen LogP contribution in [0.4, 0.5) is 0 Å². The maximum absolute atomic E-state index is 5.84. The molecule has 0 aliphatic carbocycles. The number of ether oxygens (including phenoxy) is 1. The van der Waals surface area contributed by atoms with Gasteiger partial charge in [-0.1, -0.05) is 13.3 Å². The summed E-state index contributed by atoms with van der Waals surface area (Å²) in [7, 11) is 0. The molecule has 0 fully saturated rings. The molecule has 1 N–H and O–H groups in total. The second-order valence-corrected chi connectivity index (χ2v) is 5.47. The minimum Gasteiger partial charge on any atom is -0.473 e. The van der Waals surface area contributed by atoms with E-state index in [0.29, 0.717) is 5.88 Å². The third kappa shape index (κ3) is 2.68. The number of aryl methyl sites for hydroxylation is 1. The van der Waals surface area contributed by atoms with Crippen molar-refractivity contribution in [1.29, 1.82) is 0 Å². The SMILES string of the molecule is CCCCc1nc2c([nH]1)c(OC(C)C)nc1cccnc12. The molecule has 21 heavy (non-hydrogen) atoms. The lowest BCUT2D eigenvalue weighted by molar-refractivity contribution is 0.236. The van der Waals surface area contributed by atoms with Gasteiger partial charge < -0.3 is 9.72 Å². The zero-order valence-electron chi connectivity index (χ0n) is 12.7. The number of imidazole rings is 1. The Kier molecular flexibility index (Phi) is 3.73. The smallest absolute Gasteiger partial charge is 0.241 e. The van der Waals surface area contributed by atoms with Crippen molar-refractivity contribution in [3.63, 3.8) is 0 Å². The first-order valence-corrected chi connectivity index (χ1v) is 7.49. The fraction of sp³-hybridized carbons (Fsp3) is 0.438. The van der Waals surface area contributed by atoms with E-state index in [2.05, 4.69) is 21.9 Å². The number of H-pyrrole nitrogens is 1. The third-order valence-electron chi connectivity index (χ3n) is 3.31. The summed E-state index contributed by atoms with van der Waals surface area (Å²) in [4.78, 5) is 17.1. The number of unbranched alkanes of at least 4 members (excludes halogenated alkanes) is 1. The number of rotatable bonds is 5. The Hall–Kier alpha value is -2.17. The van der Waals surface area contributed by atoms with Crippen LogP contribution in [-0.2, 0) is 6.42 Å². The van der Waals surface area contributed by atoms with Crippen LogP contribution in [0.5, 0.6) is 5.88 Å². The largest absolute Gasteiger partial charge is 0.473 e. The van der Waals surface area contributed by atoms with Crippen molar-refractivity contribution in [2.45, 2.75) is 46.1 Å². The summed E-state index contributed by atoms with van der Waals surface area (Å²) in [5, 5.41) is 0. The van der Waals surface area contributed by atoms with Gasteiger partial charge in [-0.05, 0) is 32.4 Å². The molecular weight excluding hydrogens is 264 g/mol. The number of hydrogen-bond acceptors (Lipinski definition) is 4. The van der Waals surface area contributed by atoms with E-state index in [1.165, 1.54) is 0 Å². The van der Waals surface area contributed by atoms with Gasteiger partial charge in [-0.3, -0.25) is 4.98 Å². The number of nitrogens with zero attached hydrogens (tertiary/aromatic N) is 3. The first-order chi connectivity index (χ1) is 10.2. The van der Waals surface area contributed by atoms with E-state index in [9.17, 15) is 0 Å². The van der Waals surface area contributed by atoms with Crippen molar-refractivity contribution in [2.75, 3.05) is 0 Å². The highest BCUT2D eigenvalue weighted by Crippen LogP contribution is 2.28. The molecule has 0 saturated heterocycles. The van der Waals surface area contributed by atoms with E-state index < -0.39 is 0 Å². The fourth-order valence-corrected chi connectivity index (χ4v) is 2.35. The van der Waals surface area contributed by atoms with Gasteiger partial charge in [0.25, 0.3) is 0 Å². The standard InChI is InChI=1S/C16H20N4O/c1-4-5-8-12-19-14-13-11(7-6-9-17-13)18-16(15(14)20-12)21-10(2)3/h6-7,9-10H,4-5,8H2,1-3H3,(H,19,20). The summed E-state index contributed by atoms with van der Waals surface area (Å²) in [6.45, 7) is 6.17. The predicted molar refractivity (Wildman–Crippen MR) is 83.6 cm³/mol. The Labute approximate surface area is 123 Å². The van der Waals surface area contributed by atoms with Crippen LogP contribution in [0.15, 0.2) is 18.3 Å². The van der Waals surface area contributed by atoms with E-state index in [4.69, 9.17) is 9.72 Å². The zero-order valence-corrected chi connectivity index (χ0v) is 12.7. The summed E-state index contributed by atoms with van der Waals surface area (Å²) in [6.07, 6.45) is 5.02. The summed E-state index contributed by atoms with van der Waals surface area (Å²) < 4.78 is 5.84. The predicted octanol–water partition coefficient (Wildman–Crippen LogP) is 3.64. The second-order valence-electron chi connectivity index (χ2n) is 5.47. The Morgan fingerprint density at radius 1 is 1.24 bits per heavy atom. The van der Waals surface area contributed by atoms with Crippen molar-refractivity contribution in [2.24, 2.45) is 0 Å². The quantitative estimate of drug-likeness (QED) is 0.777. The van der Waals surface area contributed by atoms with Gasteiger partial charge in [-0.2, -0.15) is 0 Å². The van der Waals surface area contributed by atoms with Crippen LogP contribution < -0.4 is 4.74 Å². The van der Waals surface area contributed by atoms with Gasteiger partial charge >= 0.3 is 0 Å². The molecule has 0 aliphatic rings. The van der Waals surface area contributed by atoms with Gasteiger partial charge in [0.1, 0.15) is 22.4 Å². The van der Waals surface area contributed by atoms with Crippen molar-refractivity contribution in [3.05, 3.63) is 24.2 Å². The molecule has 0 aromatic carbocycles. The fourth-order valence-electron chi connectivity index (χ4n) is 2.35. The number of pyridine rings is 2. The number of aromatic amines is 1. The molecule has 3 heterocycles. The lowest BCUT2D eigenvalue weighted by Gasteiger charge is -2.10. The van der Waals surface area contributed by atoms with Gasteiger partial charge in [0.2, 0.25) is 5.88 Å². The maximum Gasteiger partial charge on any atom is 0.241 e. The molecule has 5 heteroatoms. The number of nitrogens with one attached hydrogen (secondary N) is 1. The molecule has 0 unspecified atom stereocenters. The number of hydrogen-bond donors (Lipinski definition) is 1. The van der Waals surface area contributed by atoms with Crippen LogP contribution in [0.25, 0.3) is 22.1 Å².